The Labute approximate surface area is 203 Å². The zero-order chi connectivity index (χ0) is 25.3. The second-order valence-electron chi connectivity index (χ2n) is 7.56. The van der Waals surface area contributed by atoms with Crippen molar-refractivity contribution < 1.29 is 29.3 Å². The molecule has 0 aliphatic carbocycles. The number of carbonyl (C=O) groups excluding carboxylic acids is 3. The molecule has 0 aliphatic rings. The Kier molecular flexibility index (Phi) is 8.27. The molecule has 0 heterocycles. The number of hydrogen-bond donors (Lipinski definition) is 2. The lowest BCUT2D eigenvalue weighted by Gasteiger charge is -2.19. The second kappa shape index (κ2) is 11.5. The van der Waals surface area contributed by atoms with Crippen LogP contribution in [0.15, 0.2) is 97.1 Å². The molecule has 0 aliphatic heterocycles. The molecular formula is C29H24O6. The Morgan fingerprint density at radius 3 is 1.54 bits per heavy atom. The minimum atomic E-state index is -2.95. The maximum atomic E-state index is 13.0. The van der Waals surface area contributed by atoms with Crippen LogP contribution in [0.5, 0.6) is 11.5 Å². The van der Waals surface area contributed by atoms with Gasteiger partial charge in [0.05, 0.1) is 7.11 Å². The first-order valence-electron chi connectivity index (χ1n) is 10.7. The number of rotatable bonds is 10. The van der Waals surface area contributed by atoms with Crippen molar-refractivity contribution in [1.82, 2.24) is 0 Å². The number of carbonyl (C=O) groups is 3. The van der Waals surface area contributed by atoms with Crippen molar-refractivity contribution in [3.63, 3.8) is 0 Å². The van der Waals surface area contributed by atoms with E-state index in [-0.39, 0.29) is 11.5 Å². The van der Waals surface area contributed by atoms with Crippen LogP contribution in [0.3, 0.4) is 0 Å². The molecule has 176 valence electrons. The largest absolute Gasteiger partial charge is 0.504 e. The lowest BCUT2D eigenvalue weighted by Crippen LogP contribution is -2.51. The molecule has 35 heavy (non-hydrogen) atoms. The van der Waals surface area contributed by atoms with E-state index >= 15 is 0 Å². The Morgan fingerprint density at radius 1 is 0.686 bits per heavy atom. The normalized spacial score (nSPS) is 13.2. The highest BCUT2D eigenvalue weighted by Gasteiger charge is 2.46. The number of hydrogen-bond acceptors (Lipinski definition) is 6. The van der Waals surface area contributed by atoms with Crippen molar-refractivity contribution >= 4 is 35.6 Å². The van der Waals surface area contributed by atoms with Crippen LogP contribution in [-0.2, 0) is 14.4 Å². The standard InChI is InChI=1S/C29H24O6/c1-35-25-20-23(12-16-24(25)30)15-19-28(33)29(34,26(31)17-13-21-8-4-2-5-9-21)27(32)18-14-22-10-6-3-7-11-22/h2-20,30,34H,1H3. The molecule has 6 nitrogen and oxygen atoms in total. The summed E-state index contributed by atoms with van der Waals surface area (Å²) in [6, 6.07) is 22.0. The van der Waals surface area contributed by atoms with Crippen LogP contribution >= 0.6 is 0 Å². The number of phenols is 1. The molecule has 6 heteroatoms. The van der Waals surface area contributed by atoms with Gasteiger partial charge in [0.25, 0.3) is 5.60 Å². The molecule has 3 aromatic rings. The van der Waals surface area contributed by atoms with Crippen LogP contribution in [0.1, 0.15) is 16.7 Å². The summed E-state index contributed by atoms with van der Waals surface area (Å²) < 4.78 is 5.04. The monoisotopic (exact) mass is 468 g/mol. The van der Waals surface area contributed by atoms with E-state index in [1.807, 2.05) is 0 Å². The van der Waals surface area contributed by atoms with Gasteiger partial charge >= 0.3 is 0 Å². The fraction of sp³-hybridized carbons (Fsp3) is 0.0690. The van der Waals surface area contributed by atoms with Crippen molar-refractivity contribution in [3.8, 4) is 11.5 Å². The number of ether oxygens (including phenoxy) is 1. The average Bonchev–Trinajstić information content (AvgIpc) is 2.90. The second-order valence-corrected chi connectivity index (χ2v) is 7.56. The third kappa shape index (κ3) is 6.28. The quantitative estimate of drug-likeness (QED) is 0.340. The number of phenolic OH excluding ortho intramolecular Hbond substituents is 1. The Hall–Kier alpha value is -4.55. The molecular weight excluding hydrogens is 444 g/mol. The lowest BCUT2D eigenvalue weighted by molar-refractivity contribution is -0.152. The van der Waals surface area contributed by atoms with E-state index in [0.717, 1.165) is 18.2 Å². The van der Waals surface area contributed by atoms with Crippen molar-refractivity contribution in [3.05, 3.63) is 114 Å². The molecule has 0 atom stereocenters. The summed E-state index contributed by atoms with van der Waals surface area (Å²) in [6.07, 6.45) is 7.14. The average molecular weight is 469 g/mol. The van der Waals surface area contributed by atoms with Gasteiger partial charge in [-0.2, -0.15) is 0 Å². The smallest absolute Gasteiger partial charge is 0.252 e. The number of ketones is 3. The number of benzene rings is 3. The third-order valence-electron chi connectivity index (χ3n) is 5.15. The van der Waals surface area contributed by atoms with E-state index in [1.165, 1.54) is 43.5 Å². The van der Waals surface area contributed by atoms with E-state index < -0.39 is 23.0 Å². The summed E-state index contributed by atoms with van der Waals surface area (Å²) in [5, 5.41) is 20.9. The maximum Gasteiger partial charge on any atom is 0.252 e. The first-order chi connectivity index (χ1) is 16.8. The van der Waals surface area contributed by atoms with E-state index in [2.05, 4.69) is 0 Å². The molecule has 0 aromatic heterocycles. The summed E-state index contributed by atoms with van der Waals surface area (Å²) in [4.78, 5) is 39.0. The molecule has 0 spiro atoms. The summed E-state index contributed by atoms with van der Waals surface area (Å²) in [7, 11) is 1.38. The van der Waals surface area contributed by atoms with Crippen LogP contribution in [-0.4, -0.2) is 40.3 Å². The van der Waals surface area contributed by atoms with Gasteiger partial charge in [-0.05, 0) is 47.1 Å². The fourth-order valence-electron chi connectivity index (χ4n) is 3.17. The molecule has 0 amide bonds. The molecule has 3 rings (SSSR count). The Morgan fingerprint density at radius 2 is 1.11 bits per heavy atom. The highest BCUT2D eigenvalue weighted by atomic mass is 16.5. The minimum Gasteiger partial charge on any atom is -0.504 e. The molecule has 3 aromatic carbocycles. The summed E-state index contributed by atoms with van der Waals surface area (Å²) >= 11 is 0. The summed E-state index contributed by atoms with van der Waals surface area (Å²) in [6.45, 7) is 0. The molecule has 0 saturated carbocycles. The Balaban J connectivity index is 1.93. The SMILES string of the molecule is COc1cc(C=CC(=O)C(O)(C(=O)C=Cc2ccccc2)C(=O)C=Cc2ccccc2)ccc1O. The summed E-state index contributed by atoms with van der Waals surface area (Å²) in [5.41, 5.74) is -1.17. The van der Waals surface area contributed by atoms with Gasteiger partial charge in [0.15, 0.2) is 11.5 Å². The van der Waals surface area contributed by atoms with Gasteiger partial charge < -0.3 is 14.9 Å². The molecule has 0 saturated heterocycles. The van der Waals surface area contributed by atoms with Gasteiger partial charge in [-0.3, -0.25) is 14.4 Å². The molecule has 0 bridgehead atoms. The van der Waals surface area contributed by atoms with Crippen LogP contribution in [0.2, 0.25) is 0 Å². The highest BCUT2D eigenvalue weighted by molar-refractivity contribution is 6.36. The summed E-state index contributed by atoms with van der Waals surface area (Å²) in [5.74, 6) is -3.15. The zero-order valence-electron chi connectivity index (χ0n) is 19.0. The lowest BCUT2D eigenvalue weighted by atomic mass is 9.86. The predicted molar refractivity (Wildman–Crippen MR) is 135 cm³/mol. The number of aromatic hydroxyl groups is 1. The van der Waals surface area contributed by atoms with E-state index in [0.29, 0.717) is 16.7 Å². The van der Waals surface area contributed by atoms with Crippen LogP contribution in [0.25, 0.3) is 18.2 Å². The van der Waals surface area contributed by atoms with Gasteiger partial charge in [-0.1, -0.05) is 85.0 Å². The fourth-order valence-corrected chi connectivity index (χ4v) is 3.17. The predicted octanol–water partition coefficient (Wildman–Crippen LogP) is 4.28. The topological polar surface area (TPSA) is 101 Å². The highest BCUT2D eigenvalue weighted by Crippen LogP contribution is 2.27. The molecule has 0 unspecified atom stereocenters. The van der Waals surface area contributed by atoms with E-state index in [4.69, 9.17) is 4.74 Å². The van der Waals surface area contributed by atoms with Crippen molar-refractivity contribution in [1.29, 1.82) is 0 Å². The number of aliphatic hydroxyl groups is 1. The van der Waals surface area contributed by atoms with E-state index in [1.54, 1.807) is 60.7 Å². The van der Waals surface area contributed by atoms with Crippen LogP contribution < -0.4 is 4.74 Å². The first kappa shape index (κ1) is 25.1. The third-order valence-corrected chi connectivity index (χ3v) is 5.15. The van der Waals surface area contributed by atoms with Crippen LogP contribution in [0.4, 0.5) is 0 Å². The first-order valence-corrected chi connectivity index (χ1v) is 10.7. The van der Waals surface area contributed by atoms with Gasteiger partial charge in [0.2, 0.25) is 17.3 Å². The molecule has 0 radical (unpaired) electrons. The van der Waals surface area contributed by atoms with Gasteiger partial charge in [-0.15, -0.1) is 0 Å². The van der Waals surface area contributed by atoms with E-state index in [9.17, 15) is 24.6 Å². The van der Waals surface area contributed by atoms with Crippen LogP contribution in [0, 0.1) is 0 Å². The Bertz CT molecular complexity index is 1230. The van der Waals surface area contributed by atoms with Crippen molar-refractivity contribution in [2.24, 2.45) is 0 Å². The van der Waals surface area contributed by atoms with Crippen molar-refractivity contribution in [2.75, 3.05) is 7.11 Å². The maximum absolute atomic E-state index is 13.0. The van der Waals surface area contributed by atoms with Gasteiger partial charge in [0, 0.05) is 0 Å². The molecule has 2 N–H and O–H groups in total. The molecule has 0 fully saturated rings. The zero-order valence-corrected chi connectivity index (χ0v) is 19.0. The minimum absolute atomic E-state index is 0.0880. The number of methoxy groups -OCH3 is 1. The van der Waals surface area contributed by atoms with Gasteiger partial charge in [-0.25, -0.2) is 0 Å². The van der Waals surface area contributed by atoms with Gasteiger partial charge in [0.1, 0.15) is 0 Å². The van der Waals surface area contributed by atoms with Crippen molar-refractivity contribution in [2.45, 2.75) is 5.60 Å².